The highest BCUT2D eigenvalue weighted by atomic mass is 32.1. The van der Waals surface area contributed by atoms with Gasteiger partial charge in [-0.15, -0.1) is 11.3 Å². The van der Waals surface area contributed by atoms with Crippen molar-refractivity contribution in [2.75, 3.05) is 39.6 Å². The molecule has 4 aromatic rings. The molecule has 1 aliphatic heterocycles. The second-order valence-electron chi connectivity index (χ2n) is 10.6. The Hall–Kier alpha value is -3.89. The van der Waals surface area contributed by atoms with E-state index in [0.29, 0.717) is 19.6 Å². The van der Waals surface area contributed by atoms with E-state index in [1.807, 2.05) is 43.4 Å². The van der Waals surface area contributed by atoms with Crippen LogP contribution >= 0.6 is 11.3 Å². The number of nitrogens with one attached hydrogen (secondary N) is 1. The van der Waals surface area contributed by atoms with E-state index < -0.39 is 0 Å². The molecule has 0 saturated carbocycles. The van der Waals surface area contributed by atoms with Crippen LogP contribution in [0.4, 0.5) is 11.5 Å². The Morgan fingerprint density at radius 1 is 1.18 bits per heavy atom. The molecule has 206 valence electrons. The largest absolute Gasteiger partial charge is 0.495 e. The number of hydrogen-bond acceptors (Lipinski definition) is 9. The van der Waals surface area contributed by atoms with Crippen molar-refractivity contribution in [2.24, 2.45) is 10.9 Å². The number of carbonyl (C=O) groups excluding carboxylic acids is 1. The minimum absolute atomic E-state index is 0.0509. The van der Waals surface area contributed by atoms with Gasteiger partial charge in [-0.05, 0) is 79.9 Å². The number of fused-ring (bicyclic) bond motifs is 4. The standard InChI is InChI=1S/C30H33N7O2S/c1-36(2)10-11-37(17-19-6-8-31-9-7-19)30(38)20-4-5-23-26(14-20)40-29-27(23)28(33-18-34-29)35-24-12-21-15-32-16-22(21)13-25(24)39-3/h6-9,12-13,15,18,20H,4-5,10-11,14,16-17H2,1-3H3,(H,33,34,35)/t20-/m0/s1. The molecule has 3 aromatic heterocycles. The first-order valence-corrected chi connectivity index (χ1v) is 14.4. The zero-order valence-electron chi connectivity index (χ0n) is 23.1. The van der Waals surface area contributed by atoms with Gasteiger partial charge in [0.1, 0.15) is 22.7 Å². The predicted molar refractivity (Wildman–Crippen MR) is 159 cm³/mol. The van der Waals surface area contributed by atoms with Gasteiger partial charge < -0.3 is 19.9 Å². The van der Waals surface area contributed by atoms with Crippen LogP contribution in [-0.4, -0.2) is 71.2 Å². The molecule has 1 aromatic carbocycles. The average molecular weight is 556 g/mol. The lowest BCUT2D eigenvalue weighted by Crippen LogP contribution is -2.41. The van der Waals surface area contributed by atoms with Crippen LogP contribution in [0.3, 0.4) is 0 Å². The van der Waals surface area contributed by atoms with Crippen LogP contribution in [0.1, 0.15) is 33.6 Å². The first kappa shape index (κ1) is 26.3. The predicted octanol–water partition coefficient (Wildman–Crippen LogP) is 4.47. The molecule has 1 N–H and O–H groups in total. The van der Waals surface area contributed by atoms with Gasteiger partial charge >= 0.3 is 0 Å². The van der Waals surface area contributed by atoms with Crippen LogP contribution in [0, 0.1) is 5.92 Å². The van der Waals surface area contributed by atoms with E-state index in [4.69, 9.17) is 4.74 Å². The van der Waals surface area contributed by atoms with Gasteiger partial charge in [0.15, 0.2) is 0 Å². The van der Waals surface area contributed by atoms with E-state index in [2.05, 4.69) is 36.2 Å². The van der Waals surface area contributed by atoms with Crippen molar-refractivity contribution in [2.45, 2.75) is 32.4 Å². The second-order valence-corrected chi connectivity index (χ2v) is 11.7. The van der Waals surface area contributed by atoms with Crippen LogP contribution in [0.5, 0.6) is 5.75 Å². The number of pyridine rings is 1. The maximum absolute atomic E-state index is 13.8. The molecule has 2 aliphatic rings. The summed E-state index contributed by atoms with van der Waals surface area (Å²) in [5.74, 6) is 1.70. The topological polar surface area (TPSA) is 95.8 Å². The van der Waals surface area contributed by atoms with Gasteiger partial charge in [-0.3, -0.25) is 14.8 Å². The van der Waals surface area contributed by atoms with Crippen LogP contribution in [0.25, 0.3) is 10.2 Å². The fourth-order valence-corrected chi connectivity index (χ4v) is 6.77. The highest BCUT2D eigenvalue weighted by Crippen LogP contribution is 2.42. The Kier molecular flexibility index (Phi) is 7.44. The van der Waals surface area contributed by atoms with Gasteiger partial charge in [0.2, 0.25) is 5.91 Å². The summed E-state index contributed by atoms with van der Waals surface area (Å²) < 4.78 is 5.68. The number of rotatable bonds is 9. The zero-order valence-corrected chi connectivity index (χ0v) is 23.9. The van der Waals surface area contributed by atoms with E-state index in [-0.39, 0.29) is 11.8 Å². The maximum Gasteiger partial charge on any atom is 0.226 e. The number of aryl methyl sites for hydroxylation is 1. The molecule has 0 fully saturated rings. The number of amides is 1. The van der Waals surface area contributed by atoms with Crippen LogP contribution in [0.15, 0.2) is 48.0 Å². The van der Waals surface area contributed by atoms with Gasteiger partial charge in [-0.25, -0.2) is 9.97 Å². The summed E-state index contributed by atoms with van der Waals surface area (Å²) in [5.41, 5.74) is 5.45. The first-order chi connectivity index (χ1) is 19.5. The molecule has 0 radical (unpaired) electrons. The SMILES string of the molecule is COc1cc2c(cc1Nc1ncnc3sc4c(c13)CC[C@H](C(=O)N(CCN(C)C)Cc1ccncc1)C4)C=NC2. The molecule has 9 nitrogen and oxygen atoms in total. The fourth-order valence-electron chi connectivity index (χ4n) is 5.50. The van der Waals surface area contributed by atoms with E-state index in [1.54, 1.807) is 37.2 Å². The third kappa shape index (κ3) is 5.29. The molecule has 0 saturated heterocycles. The number of methoxy groups -OCH3 is 1. The number of aliphatic imine (C=N–C) groups is 1. The number of benzene rings is 1. The smallest absolute Gasteiger partial charge is 0.226 e. The van der Waals surface area contributed by atoms with Gasteiger partial charge in [-0.2, -0.15) is 0 Å². The van der Waals surface area contributed by atoms with Crippen molar-refractivity contribution in [1.82, 2.24) is 24.8 Å². The molecule has 4 heterocycles. The number of anilines is 2. The lowest BCUT2D eigenvalue weighted by atomic mass is 9.86. The molecule has 0 spiro atoms. The number of hydrogen-bond donors (Lipinski definition) is 1. The van der Waals surface area contributed by atoms with Crippen molar-refractivity contribution in [3.8, 4) is 5.75 Å². The summed E-state index contributed by atoms with van der Waals surface area (Å²) in [6.07, 6.45) is 9.42. The summed E-state index contributed by atoms with van der Waals surface area (Å²) in [6, 6.07) is 8.07. The Morgan fingerprint density at radius 2 is 2.02 bits per heavy atom. The Bertz CT molecular complexity index is 1570. The molecule has 1 atom stereocenters. The van der Waals surface area contributed by atoms with Crippen LogP contribution in [0.2, 0.25) is 0 Å². The van der Waals surface area contributed by atoms with Crippen molar-refractivity contribution in [3.63, 3.8) is 0 Å². The molecule has 1 aliphatic carbocycles. The van der Waals surface area contributed by atoms with Gasteiger partial charge in [-0.1, -0.05) is 0 Å². The van der Waals surface area contributed by atoms with Gasteiger partial charge in [0.05, 0.1) is 24.7 Å². The molecule has 0 unspecified atom stereocenters. The number of ether oxygens (including phenoxy) is 1. The summed E-state index contributed by atoms with van der Waals surface area (Å²) in [5, 5.41) is 4.57. The van der Waals surface area contributed by atoms with Gasteiger partial charge in [0.25, 0.3) is 0 Å². The second kappa shape index (κ2) is 11.3. The summed E-state index contributed by atoms with van der Waals surface area (Å²) in [6.45, 7) is 2.78. The Balaban J connectivity index is 1.26. The van der Waals surface area contributed by atoms with E-state index in [9.17, 15) is 4.79 Å². The molecule has 6 rings (SSSR count). The summed E-state index contributed by atoms with van der Waals surface area (Å²) >= 11 is 1.68. The third-order valence-corrected chi connectivity index (χ3v) is 8.81. The number of aromatic nitrogens is 3. The molecule has 40 heavy (non-hydrogen) atoms. The maximum atomic E-state index is 13.8. The number of likely N-dealkylation sites (N-methyl/N-ethyl adjacent to an activating group) is 1. The monoisotopic (exact) mass is 555 g/mol. The Labute approximate surface area is 237 Å². The average Bonchev–Trinajstić information content (AvgIpc) is 3.58. The minimum atomic E-state index is -0.0509. The zero-order chi connectivity index (χ0) is 27.6. The number of carbonyl (C=O) groups is 1. The molecule has 10 heteroatoms. The van der Waals surface area contributed by atoms with Crippen molar-refractivity contribution in [1.29, 1.82) is 0 Å². The lowest BCUT2D eigenvalue weighted by molar-refractivity contribution is -0.136. The third-order valence-electron chi connectivity index (χ3n) is 7.65. The fraction of sp³-hybridized carbons (Fsp3) is 0.367. The normalized spacial score (nSPS) is 15.8. The highest BCUT2D eigenvalue weighted by Gasteiger charge is 2.32. The quantitative estimate of drug-likeness (QED) is 0.326. The molecular formula is C30H33N7O2S. The lowest BCUT2D eigenvalue weighted by Gasteiger charge is -2.30. The number of nitrogens with zero attached hydrogens (tertiary/aromatic N) is 6. The van der Waals surface area contributed by atoms with Gasteiger partial charge in [0, 0.05) is 49.0 Å². The van der Waals surface area contributed by atoms with Crippen molar-refractivity contribution >= 4 is 45.2 Å². The minimum Gasteiger partial charge on any atom is -0.495 e. The summed E-state index contributed by atoms with van der Waals surface area (Å²) in [7, 11) is 5.76. The van der Waals surface area contributed by atoms with Crippen molar-refractivity contribution < 1.29 is 9.53 Å². The van der Waals surface area contributed by atoms with Crippen molar-refractivity contribution in [3.05, 3.63) is 70.1 Å². The summed E-state index contributed by atoms with van der Waals surface area (Å²) in [4.78, 5) is 37.9. The van der Waals surface area contributed by atoms with E-state index >= 15 is 0 Å². The van der Waals surface area contributed by atoms with E-state index in [1.165, 1.54) is 10.4 Å². The van der Waals surface area contributed by atoms with Crippen LogP contribution < -0.4 is 10.1 Å². The Morgan fingerprint density at radius 3 is 2.83 bits per heavy atom. The van der Waals surface area contributed by atoms with Crippen LogP contribution in [-0.2, 0) is 30.7 Å². The van der Waals surface area contributed by atoms with E-state index in [0.717, 1.165) is 70.0 Å². The molecular weight excluding hydrogens is 522 g/mol. The molecule has 0 bridgehead atoms. The first-order valence-electron chi connectivity index (χ1n) is 13.6. The molecule has 1 amide bonds. The number of thiophene rings is 1. The highest BCUT2D eigenvalue weighted by molar-refractivity contribution is 7.19.